The molecule has 0 saturated carbocycles. The number of hydrogen-bond donors (Lipinski definition) is 2. The Morgan fingerprint density at radius 3 is 2.55 bits per heavy atom. The van der Waals surface area contributed by atoms with Crippen LogP contribution in [-0.2, 0) is 6.18 Å². The number of halogens is 4. The van der Waals surface area contributed by atoms with Crippen molar-refractivity contribution in [2.75, 3.05) is 11.9 Å². The van der Waals surface area contributed by atoms with E-state index in [9.17, 15) is 13.2 Å². The van der Waals surface area contributed by atoms with E-state index < -0.39 is 11.9 Å². The van der Waals surface area contributed by atoms with Gasteiger partial charge >= 0.3 is 6.18 Å². The van der Waals surface area contributed by atoms with Gasteiger partial charge in [-0.05, 0) is 54.6 Å². The van der Waals surface area contributed by atoms with Crippen LogP contribution in [0.25, 0.3) is 0 Å². The van der Waals surface area contributed by atoms with Crippen LogP contribution in [0.1, 0.15) is 5.69 Å². The van der Waals surface area contributed by atoms with Gasteiger partial charge in [-0.3, -0.25) is 9.98 Å². The Labute approximate surface area is 181 Å². The van der Waals surface area contributed by atoms with E-state index in [1.54, 1.807) is 48.5 Å². The molecule has 0 unspecified atom stereocenters. The summed E-state index contributed by atoms with van der Waals surface area (Å²) in [6.07, 6.45) is -2.02. The van der Waals surface area contributed by atoms with Crippen LogP contribution in [0.2, 0.25) is 5.02 Å². The molecule has 1 aromatic heterocycles. The number of rotatable bonds is 7. The molecular weight excluding hydrogens is 431 g/mol. The molecule has 6 nitrogen and oxygen atoms in total. The molecule has 3 N–H and O–H groups in total. The minimum atomic E-state index is -4.52. The molecule has 0 radical (unpaired) electrons. The summed E-state index contributed by atoms with van der Waals surface area (Å²) in [5.74, 6) is 6.57. The number of nitrogens with zero attached hydrogens (tertiary/aromatic N) is 3. The molecule has 3 aromatic rings. The summed E-state index contributed by atoms with van der Waals surface area (Å²) >= 11 is 5.93. The number of nitrogens with two attached hydrogens (primary N) is 1. The van der Waals surface area contributed by atoms with Gasteiger partial charge in [0, 0.05) is 16.9 Å². The Kier molecular flexibility index (Phi) is 7.09. The summed E-state index contributed by atoms with van der Waals surface area (Å²) in [4.78, 5) is 7.57. The Hall–Kier alpha value is -3.59. The molecule has 0 spiro atoms. The van der Waals surface area contributed by atoms with Gasteiger partial charge in [-0.25, -0.2) is 0 Å². The van der Waals surface area contributed by atoms with Gasteiger partial charge in [0.05, 0.1) is 24.2 Å². The van der Waals surface area contributed by atoms with Crippen molar-refractivity contribution in [3.8, 4) is 11.5 Å². The normalized spacial score (nSPS) is 12.2. The highest BCUT2D eigenvalue weighted by atomic mass is 35.5. The largest absolute Gasteiger partial charge is 0.457 e. The predicted octanol–water partition coefficient (Wildman–Crippen LogP) is 5.68. The summed E-state index contributed by atoms with van der Waals surface area (Å²) in [7, 11) is 0. The highest BCUT2D eigenvalue weighted by molar-refractivity contribution is 6.32. The lowest BCUT2D eigenvalue weighted by atomic mass is 10.3. The summed E-state index contributed by atoms with van der Waals surface area (Å²) in [6, 6.07) is 16.3. The van der Waals surface area contributed by atoms with Crippen molar-refractivity contribution >= 4 is 34.9 Å². The number of nitrogens with one attached hydrogen (secondary N) is 1. The zero-order valence-corrected chi connectivity index (χ0v) is 16.7. The van der Waals surface area contributed by atoms with E-state index in [1.165, 1.54) is 12.3 Å². The molecule has 0 aliphatic carbocycles. The van der Waals surface area contributed by atoms with Crippen molar-refractivity contribution in [1.82, 2.24) is 4.98 Å². The molecule has 31 heavy (non-hydrogen) atoms. The number of anilines is 1. The molecule has 0 saturated heterocycles. The van der Waals surface area contributed by atoms with Crippen molar-refractivity contribution in [3.05, 3.63) is 77.6 Å². The molecule has 1 heterocycles. The first-order chi connectivity index (χ1) is 14.8. The van der Waals surface area contributed by atoms with Gasteiger partial charge in [0.15, 0.2) is 0 Å². The maximum Gasteiger partial charge on any atom is 0.433 e. The number of aliphatic imine (C=N–C) groups is 1. The second-order valence-electron chi connectivity index (χ2n) is 6.21. The lowest BCUT2D eigenvalue weighted by Crippen LogP contribution is -2.17. The topological polar surface area (TPSA) is 84.9 Å². The van der Waals surface area contributed by atoms with E-state index in [2.05, 4.69) is 20.4 Å². The highest BCUT2D eigenvalue weighted by Crippen LogP contribution is 2.29. The first-order valence-corrected chi connectivity index (χ1v) is 9.33. The van der Waals surface area contributed by atoms with E-state index in [-0.39, 0.29) is 12.2 Å². The lowest BCUT2D eigenvalue weighted by molar-refractivity contribution is -0.141. The fraction of sp³-hybridized carbons (Fsp3) is 0.0952. The smallest absolute Gasteiger partial charge is 0.433 e. The number of ether oxygens (including phenoxy) is 1. The quantitative estimate of drug-likeness (QED) is 0.277. The highest BCUT2D eigenvalue weighted by Gasteiger charge is 2.32. The fourth-order valence-electron chi connectivity index (χ4n) is 2.43. The van der Waals surface area contributed by atoms with Gasteiger partial charge in [-0.1, -0.05) is 17.7 Å². The Bertz CT molecular complexity index is 1080. The third-order valence-electron chi connectivity index (χ3n) is 3.92. The average Bonchev–Trinajstić information content (AvgIpc) is 2.74. The van der Waals surface area contributed by atoms with E-state index in [1.807, 2.05) is 0 Å². The van der Waals surface area contributed by atoms with Crippen molar-refractivity contribution < 1.29 is 17.9 Å². The molecule has 0 fully saturated rings. The number of hydrazone groups is 1. The van der Waals surface area contributed by atoms with E-state index >= 15 is 0 Å². The molecular formula is C21H17ClF3N5O. The second-order valence-corrected chi connectivity index (χ2v) is 6.65. The number of pyridine rings is 1. The van der Waals surface area contributed by atoms with Crippen LogP contribution >= 0.6 is 11.6 Å². The third kappa shape index (κ3) is 6.71. The zero-order chi connectivity index (χ0) is 22.3. The summed E-state index contributed by atoms with van der Waals surface area (Å²) in [5, 5.41) is 6.98. The standard InChI is InChI=1S/C21H17ClF3N5O/c22-14-2-1-3-19(10-14)31-18-6-4-15(5-7-18)28-12-17(30-26)13-29-16-8-9-27-20(11-16)21(23,24)25/h1-12H,13,26H2,(H,27,29). The first-order valence-electron chi connectivity index (χ1n) is 8.95. The van der Waals surface area contributed by atoms with Crippen LogP contribution in [0.15, 0.2) is 77.0 Å². The molecule has 0 amide bonds. The predicted molar refractivity (Wildman–Crippen MR) is 115 cm³/mol. The van der Waals surface area contributed by atoms with Crippen LogP contribution in [0.4, 0.5) is 24.5 Å². The van der Waals surface area contributed by atoms with Gasteiger partial charge in [0.25, 0.3) is 0 Å². The van der Waals surface area contributed by atoms with Gasteiger partial charge in [0.1, 0.15) is 17.2 Å². The van der Waals surface area contributed by atoms with Gasteiger partial charge in [-0.2, -0.15) is 18.3 Å². The van der Waals surface area contributed by atoms with Crippen molar-refractivity contribution in [2.45, 2.75) is 6.18 Å². The van der Waals surface area contributed by atoms with Crippen LogP contribution < -0.4 is 15.9 Å². The monoisotopic (exact) mass is 447 g/mol. The summed E-state index contributed by atoms with van der Waals surface area (Å²) in [5.41, 5.74) is 0.198. The molecule has 0 aliphatic heterocycles. The van der Waals surface area contributed by atoms with Crippen molar-refractivity contribution in [3.63, 3.8) is 0 Å². The van der Waals surface area contributed by atoms with Gasteiger partial charge in [0.2, 0.25) is 0 Å². The molecule has 160 valence electrons. The molecule has 10 heteroatoms. The fourth-order valence-corrected chi connectivity index (χ4v) is 2.61. The number of alkyl halides is 3. The number of benzene rings is 2. The van der Waals surface area contributed by atoms with Crippen LogP contribution in [0.3, 0.4) is 0 Å². The molecule has 0 atom stereocenters. The van der Waals surface area contributed by atoms with Crippen molar-refractivity contribution in [1.29, 1.82) is 0 Å². The van der Waals surface area contributed by atoms with Crippen molar-refractivity contribution in [2.24, 2.45) is 15.9 Å². The third-order valence-corrected chi connectivity index (χ3v) is 4.16. The lowest BCUT2D eigenvalue weighted by Gasteiger charge is -2.09. The second kappa shape index (κ2) is 9.94. The van der Waals surface area contributed by atoms with Gasteiger partial charge < -0.3 is 15.9 Å². The van der Waals surface area contributed by atoms with Gasteiger partial charge in [-0.15, -0.1) is 0 Å². The van der Waals surface area contributed by atoms with E-state index in [0.717, 1.165) is 12.3 Å². The maximum atomic E-state index is 12.7. The Morgan fingerprint density at radius 2 is 1.87 bits per heavy atom. The van der Waals surface area contributed by atoms with Crippen LogP contribution in [0, 0.1) is 0 Å². The van der Waals surface area contributed by atoms with Crippen LogP contribution in [0.5, 0.6) is 11.5 Å². The van der Waals surface area contributed by atoms with Crippen LogP contribution in [-0.4, -0.2) is 23.5 Å². The molecule has 0 aliphatic rings. The van der Waals surface area contributed by atoms with E-state index in [0.29, 0.717) is 27.9 Å². The average molecular weight is 448 g/mol. The number of aromatic nitrogens is 1. The number of hydrogen-bond acceptors (Lipinski definition) is 6. The first kappa shape index (κ1) is 22.1. The molecule has 2 aromatic carbocycles. The Balaban J connectivity index is 1.58. The SMILES string of the molecule is NN=C(C=Nc1ccc(Oc2cccc(Cl)c2)cc1)CNc1ccnc(C(F)(F)F)c1. The minimum Gasteiger partial charge on any atom is -0.457 e. The summed E-state index contributed by atoms with van der Waals surface area (Å²) in [6.45, 7) is 0.0806. The Morgan fingerprint density at radius 1 is 1.10 bits per heavy atom. The molecule has 3 rings (SSSR count). The maximum absolute atomic E-state index is 12.7. The molecule has 0 bridgehead atoms. The van der Waals surface area contributed by atoms with E-state index in [4.69, 9.17) is 22.2 Å². The zero-order valence-electron chi connectivity index (χ0n) is 16.0. The minimum absolute atomic E-state index is 0.0806. The summed E-state index contributed by atoms with van der Waals surface area (Å²) < 4.78 is 43.9.